The van der Waals surface area contributed by atoms with Crippen molar-refractivity contribution in [1.29, 1.82) is 0 Å². The maximum Gasteiger partial charge on any atom is 2.00 e. The summed E-state index contributed by atoms with van der Waals surface area (Å²) in [5.41, 5.74) is 4.32. The smallest absolute Gasteiger partial charge is 0.503 e. The van der Waals surface area contributed by atoms with E-state index in [1.54, 1.807) is 42.7 Å². The molecule has 4 aromatic carbocycles. The molecule has 9 heteroatoms. The Balaban J connectivity index is 0.00000208. The average molecular weight is 972 g/mol. The number of pyridine rings is 2. The molecule has 230 valence electrons. The van der Waals surface area contributed by atoms with Crippen molar-refractivity contribution in [1.82, 2.24) is 24.5 Å². The van der Waals surface area contributed by atoms with Crippen molar-refractivity contribution in [3.8, 4) is 51.5 Å². The van der Waals surface area contributed by atoms with Crippen LogP contribution in [0.5, 0.6) is 23.0 Å². The molecule has 47 heavy (non-hydrogen) atoms. The SMILES string of the molecule is [2H]c1ccc(-c2[c-]c(Oc3[c-]c4c(cc3)c3ccc(Oc5[c-]c(-c6ccc([2H])cn6)ccc5)[c-]c3n4-c3ncccn3)ccc2)nc1.[Pt+2].[Pt+2]. The first-order valence-electron chi connectivity index (χ1n) is 15.0. The van der Waals surface area contributed by atoms with Gasteiger partial charge in [0.15, 0.2) is 0 Å². The van der Waals surface area contributed by atoms with Crippen molar-refractivity contribution in [2.75, 3.05) is 0 Å². The van der Waals surface area contributed by atoms with Crippen molar-refractivity contribution in [2.45, 2.75) is 0 Å². The summed E-state index contributed by atoms with van der Waals surface area (Å²) in [5, 5.41) is 1.83. The molecule has 0 aliphatic heterocycles. The Morgan fingerprint density at radius 3 is 1.45 bits per heavy atom. The molecule has 0 unspecified atom stereocenters. The van der Waals surface area contributed by atoms with E-state index in [-0.39, 0.29) is 42.1 Å². The fourth-order valence-electron chi connectivity index (χ4n) is 5.06. The number of aromatic nitrogens is 5. The maximum atomic E-state index is 7.71. The molecule has 7 nitrogen and oxygen atoms in total. The van der Waals surface area contributed by atoms with Crippen LogP contribution >= 0.6 is 0 Å². The summed E-state index contributed by atoms with van der Waals surface area (Å²) in [6.45, 7) is 0. The standard InChI is InChI=1S/C38H21N5O2.2Pt/c1-3-18-39-34(12-1)26-8-5-10-28(22-26)44-30-14-16-32-33-17-15-31(25-37(33)43(36(32)24-30)38-41-20-7-21-42-38)45-29-11-6-9-27(23-29)35-13-2-4-19-40-35;;/h1-21H;;/q-4;2*+2/i3D,4D;;. The molecule has 8 aromatic rings. The second-order valence-corrected chi connectivity index (χ2v) is 9.90. The van der Waals surface area contributed by atoms with Gasteiger partial charge in [-0.2, -0.15) is 22.9 Å². The van der Waals surface area contributed by atoms with Gasteiger partial charge in [0.1, 0.15) is 0 Å². The molecule has 0 saturated carbocycles. The summed E-state index contributed by atoms with van der Waals surface area (Å²) in [7, 11) is 0. The summed E-state index contributed by atoms with van der Waals surface area (Å²) in [5.74, 6) is 2.41. The van der Waals surface area contributed by atoms with E-state index >= 15 is 0 Å². The summed E-state index contributed by atoms with van der Waals surface area (Å²) in [6.07, 6.45) is 6.38. The minimum absolute atomic E-state index is 0. The van der Waals surface area contributed by atoms with Gasteiger partial charge in [-0.05, 0) is 29.5 Å². The number of fused-ring (bicyclic) bond motifs is 3. The maximum absolute atomic E-state index is 7.71. The zero-order chi connectivity index (χ0) is 31.7. The topological polar surface area (TPSA) is 75.0 Å². The van der Waals surface area contributed by atoms with Gasteiger partial charge >= 0.3 is 42.1 Å². The van der Waals surface area contributed by atoms with Gasteiger partial charge in [0.2, 0.25) is 5.95 Å². The number of hydrogen-bond acceptors (Lipinski definition) is 6. The van der Waals surface area contributed by atoms with Crippen LogP contribution in [0.2, 0.25) is 0 Å². The van der Waals surface area contributed by atoms with E-state index in [2.05, 4.69) is 44.2 Å². The summed E-state index contributed by atoms with van der Waals surface area (Å²) in [4.78, 5) is 17.7. The molecule has 0 spiro atoms. The zero-order valence-corrected chi connectivity index (χ0v) is 28.7. The van der Waals surface area contributed by atoms with Gasteiger partial charge in [-0.15, -0.1) is 71.8 Å². The van der Waals surface area contributed by atoms with Crippen LogP contribution in [0.3, 0.4) is 0 Å². The minimum atomic E-state index is 0. The van der Waals surface area contributed by atoms with E-state index < -0.39 is 0 Å². The molecule has 0 N–H and O–H groups in total. The fraction of sp³-hybridized carbons (Fsp3) is 0. The molecule has 0 amide bonds. The van der Waals surface area contributed by atoms with Crippen LogP contribution in [0.15, 0.2) is 128 Å². The third-order valence-corrected chi connectivity index (χ3v) is 7.05. The summed E-state index contributed by atoms with van der Waals surface area (Å²) < 4.78 is 29.8. The van der Waals surface area contributed by atoms with Gasteiger partial charge in [-0.3, -0.25) is 0 Å². The van der Waals surface area contributed by atoms with Gasteiger partial charge < -0.3 is 24.0 Å². The molecule has 0 radical (unpaired) electrons. The number of benzene rings is 4. The fourth-order valence-corrected chi connectivity index (χ4v) is 5.06. The Morgan fingerprint density at radius 1 is 0.489 bits per heavy atom. The first-order valence-corrected chi connectivity index (χ1v) is 14.0. The number of hydrogen-bond donors (Lipinski definition) is 0. The molecule has 4 aromatic heterocycles. The predicted molar refractivity (Wildman–Crippen MR) is 171 cm³/mol. The van der Waals surface area contributed by atoms with Crippen LogP contribution < -0.4 is 9.47 Å². The molecule has 4 heterocycles. The molecule has 0 aliphatic carbocycles. The monoisotopic (exact) mass is 971 g/mol. The zero-order valence-electron chi connectivity index (χ0n) is 26.2. The van der Waals surface area contributed by atoms with Crippen LogP contribution in [-0.4, -0.2) is 24.5 Å². The molecular weight excluding hydrogens is 949 g/mol. The largest absolute Gasteiger partial charge is 2.00 e. The molecule has 0 bridgehead atoms. The Bertz CT molecular complexity index is 2240. The van der Waals surface area contributed by atoms with E-state index in [1.807, 2.05) is 65.2 Å². The summed E-state index contributed by atoms with van der Waals surface area (Å²) in [6, 6.07) is 41.6. The van der Waals surface area contributed by atoms with E-state index in [0.29, 0.717) is 63.5 Å². The van der Waals surface area contributed by atoms with Gasteiger partial charge in [0, 0.05) is 47.8 Å². The normalized spacial score (nSPS) is 11.2. The van der Waals surface area contributed by atoms with Gasteiger partial charge in [-0.1, -0.05) is 47.4 Å². The second-order valence-electron chi connectivity index (χ2n) is 9.90. The number of nitrogens with zero attached hydrogens (tertiary/aromatic N) is 5. The van der Waals surface area contributed by atoms with Crippen LogP contribution in [0.1, 0.15) is 2.74 Å². The van der Waals surface area contributed by atoms with Crippen molar-refractivity contribution >= 4 is 21.8 Å². The molecule has 0 saturated heterocycles. The minimum Gasteiger partial charge on any atom is -0.503 e. The van der Waals surface area contributed by atoms with Crippen LogP contribution in [0.25, 0.3) is 50.3 Å². The van der Waals surface area contributed by atoms with Crippen LogP contribution in [0, 0.1) is 24.3 Å². The van der Waals surface area contributed by atoms with Crippen LogP contribution in [0.4, 0.5) is 0 Å². The third kappa shape index (κ3) is 6.64. The van der Waals surface area contributed by atoms with Crippen molar-refractivity contribution < 1.29 is 54.3 Å². The Morgan fingerprint density at radius 2 is 0.979 bits per heavy atom. The Labute approximate surface area is 302 Å². The molecule has 8 rings (SSSR count). The van der Waals surface area contributed by atoms with Crippen LogP contribution in [-0.2, 0) is 42.1 Å². The molecule has 0 atom stereocenters. The van der Waals surface area contributed by atoms with E-state index in [4.69, 9.17) is 12.2 Å². The quantitative estimate of drug-likeness (QED) is 0.149. The molecule has 0 aliphatic rings. The average Bonchev–Trinajstić information content (AvgIpc) is 3.42. The first-order chi connectivity index (χ1) is 23.1. The van der Waals surface area contributed by atoms with E-state index in [1.165, 1.54) is 12.4 Å². The molecular formula is C38H21N5O2Pt2. The van der Waals surface area contributed by atoms with Crippen molar-refractivity contribution in [3.63, 3.8) is 0 Å². The van der Waals surface area contributed by atoms with E-state index in [0.717, 1.165) is 21.9 Å². The third-order valence-electron chi connectivity index (χ3n) is 7.05. The summed E-state index contributed by atoms with van der Waals surface area (Å²) >= 11 is 0. The number of ether oxygens (including phenoxy) is 2. The van der Waals surface area contributed by atoms with Crippen molar-refractivity contribution in [3.05, 3.63) is 152 Å². The van der Waals surface area contributed by atoms with Gasteiger partial charge in [-0.25, -0.2) is 9.97 Å². The predicted octanol–water partition coefficient (Wildman–Crippen LogP) is 8.48. The Hall–Kier alpha value is -4.96. The first kappa shape index (κ1) is 29.4. The van der Waals surface area contributed by atoms with Crippen molar-refractivity contribution in [2.24, 2.45) is 0 Å². The Kier molecular flexibility index (Phi) is 8.90. The van der Waals surface area contributed by atoms with Gasteiger partial charge in [0.05, 0.1) is 2.74 Å². The second kappa shape index (κ2) is 14.2. The van der Waals surface area contributed by atoms with Gasteiger partial charge in [0.25, 0.3) is 0 Å². The van der Waals surface area contributed by atoms with E-state index in [9.17, 15) is 0 Å². The molecule has 0 fully saturated rings. The number of rotatable bonds is 7.